The number of hydrogen-bond donors (Lipinski definition) is 2. The van der Waals surface area contributed by atoms with Gasteiger partial charge in [-0.2, -0.15) is 18.3 Å². The summed E-state index contributed by atoms with van der Waals surface area (Å²) in [6, 6.07) is 5.56. The molecule has 2 aromatic rings. The lowest BCUT2D eigenvalue weighted by Crippen LogP contribution is -2.65. The van der Waals surface area contributed by atoms with Gasteiger partial charge >= 0.3 is 11.5 Å². The van der Waals surface area contributed by atoms with Gasteiger partial charge in [-0.3, -0.25) is 5.10 Å². The maximum atomic E-state index is 12.9. The number of aromatic nitrogens is 3. The van der Waals surface area contributed by atoms with Crippen LogP contribution in [0.5, 0.6) is 0 Å². The second-order valence-electron chi connectivity index (χ2n) is 9.57. The fourth-order valence-corrected chi connectivity index (χ4v) is 6.41. The van der Waals surface area contributed by atoms with Crippen molar-refractivity contribution in [1.82, 2.24) is 25.0 Å². The molecule has 33 heavy (non-hydrogen) atoms. The van der Waals surface area contributed by atoms with Gasteiger partial charge in [0.15, 0.2) is 9.73 Å². The highest BCUT2D eigenvalue weighted by Gasteiger charge is 2.54. The third kappa shape index (κ3) is 3.98. The fraction of sp³-hybridized carbons (Fsp3) is 0.571. The molecule has 1 aliphatic carbocycles. The van der Waals surface area contributed by atoms with Gasteiger partial charge in [-0.05, 0) is 49.3 Å². The van der Waals surface area contributed by atoms with Gasteiger partial charge in [0, 0.05) is 37.5 Å². The Bertz CT molecular complexity index is 1140. The van der Waals surface area contributed by atoms with Crippen LogP contribution < -0.4 is 0 Å². The Hall–Kier alpha value is -2.63. The van der Waals surface area contributed by atoms with Crippen molar-refractivity contribution >= 4 is 15.8 Å². The molecule has 8 nitrogen and oxygen atoms in total. The van der Waals surface area contributed by atoms with E-state index in [4.69, 9.17) is 4.78 Å². The van der Waals surface area contributed by atoms with E-state index in [0.29, 0.717) is 44.1 Å². The number of likely N-dealkylation sites (tertiary alicyclic amines) is 2. The van der Waals surface area contributed by atoms with Gasteiger partial charge < -0.3 is 9.80 Å². The highest BCUT2D eigenvalue weighted by Crippen LogP contribution is 2.53. The molecule has 0 bridgehead atoms. The lowest BCUT2D eigenvalue weighted by molar-refractivity contribution is -0.0754. The maximum absolute atomic E-state index is 12.9. The summed E-state index contributed by atoms with van der Waals surface area (Å²) in [7, 11) is -4.84. The minimum absolute atomic E-state index is 0.0520. The van der Waals surface area contributed by atoms with Crippen molar-refractivity contribution < 1.29 is 22.2 Å². The van der Waals surface area contributed by atoms with Gasteiger partial charge in [0.25, 0.3) is 0 Å². The molecule has 3 aliphatic rings. The van der Waals surface area contributed by atoms with Crippen molar-refractivity contribution in [2.45, 2.75) is 42.0 Å². The molecular formula is C21H25F3N6O2S. The number of H-pyrrole nitrogens is 1. The summed E-state index contributed by atoms with van der Waals surface area (Å²) in [4.78, 5) is 20.3. The number of carbonyl (C=O) groups is 1. The quantitative estimate of drug-likeness (QED) is 0.695. The molecular weight excluding hydrogens is 457 g/mol. The summed E-state index contributed by atoms with van der Waals surface area (Å²) >= 11 is 0. The Balaban J connectivity index is 1.12. The Morgan fingerprint density at radius 2 is 2.03 bits per heavy atom. The molecule has 2 N–H and O–H groups in total. The molecule has 2 saturated heterocycles. The second-order valence-corrected chi connectivity index (χ2v) is 11.6. The van der Waals surface area contributed by atoms with Crippen molar-refractivity contribution in [2.24, 2.45) is 11.3 Å². The van der Waals surface area contributed by atoms with Gasteiger partial charge in [0.05, 0.1) is 4.90 Å². The number of amides is 2. The normalized spacial score (nSPS) is 24.4. The molecule has 12 heteroatoms. The van der Waals surface area contributed by atoms with E-state index >= 15 is 0 Å². The Labute approximate surface area is 189 Å². The lowest BCUT2D eigenvalue weighted by Gasteiger charge is -2.59. The number of nitrogens with zero attached hydrogens (tertiary/aromatic N) is 4. The van der Waals surface area contributed by atoms with Gasteiger partial charge in [0.2, 0.25) is 0 Å². The summed E-state index contributed by atoms with van der Waals surface area (Å²) in [5.41, 5.74) is -4.31. The van der Waals surface area contributed by atoms with E-state index < -0.39 is 20.1 Å². The van der Waals surface area contributed by atoms with Crippen molar-refractivity contribution in [1.29, 1.82) is 4.78 Å². The van der Waals surface area contributed by atoms with E-state index in [1.807, 2.05) is 9.80 Å². The van der Waals surface area contributed by atoms with E-state index in [2.05, 4.69) is 15.2 Å². The van der Waals surface area contributed by atoms with Crippen LogP contribution >= 0.6 is 0 Å². The second kappa shape index (κ2) is 7.71. The minimum Gasteiger partial charge on any atom is -0.324 e. The number of carbonyl (C=O) groups excluding carboxylic acids is 1. The van der Waals surface area contributed by atoms with Gasteiger partial charge in [-0.25, -0.2) is 18.8 Å². The molecule has 3 heterocycles. The first-order valence-electron chi connectivity index (χ1n) is 10.9. The molecule has 2 atom stereocenters. The highest BCUT2D eigenvalue weighted by molar-refractivity contribution is 7.93. The Kier molecular flexibility index (Phi) is 5.18. The molecule has 2 amide bonds. The SMILES string of the molecule is N=S(=O)(c1cccc(CC2CC3(C2)CN(C(=O)N2CCC(c4ncn[nH]4)C2)C3)c1)C(F)(F)F. The smallest absolute Gasteiger partial charge is 0.324 e. The monoisotopic (exact) mass is 482 g/mol. The average Bonchev–Trinajstić information content (AvgIpc) is 3.39. The first-order chi connectivity index (χ1) is 15.6. The summed E-state index contributed by atoms with van der Waals surface area (Å²) < 4.78 is 58.0. The topological polar surface area (TPSA) is 106 Å². The molecule has 2 unspecified atom stereocenters. The zero-order chi connectivity index (χ0) is 23.4. The molecule has 3 fully saturated rings. The van der Waals surface area contributed by atoms with Crippen molar-refractivity contribution in [3.63, 3.8) is 0 Å². The number of hydrogen-bond acceptors (Lipinski definition) is 5. The number of aromatic amines is 1. The minimum atomic E-state index is -5.09. The molecule has 178 valence electrons. The standard InChI is InChI=1S/C21H25F3N6O2S/c22-21(23,24)33(25,32)17-3-1-2-14(7-17)6-15-8-20(9-15)11-30(12-20)19(31)29-5-4-16(10-29)18-26-13-27-28-18/h1-3,7,13,15-16,25H,4-6,8-12H2,(H,26,27,28). The molecule has 1 aromatic heterocycles. The van der Waals surface area contributed by atoms with Gasteiger partial charge in [-0.15, -0.1) is 0 Å². The Morgan fingerprint density at radius 3 is 2.70 bits per heavy atom. The molecule has 0 radical (unpaired) electrons. The lowest BCUT2D eigenvalue weighted by atomic mass is 9.56. The van der Waals surface area contributed by atoms with Crippen LogP contribution in [0.4, 0.5) is 18.0 Å². The van der Waals surface area contributed by atoms with Crippen LogP contribution in [0, 0.1) is 16.1 Å². The first-order valence-corrected chi connectivity index (χ1v) is 12.5. The molecule has 1 aromatic carbocycles. The zero-order valence-electron chi connectivity index (χ0n) is 17.8. The van der Waals surface area contributed by atoms with Crippen LogP contribution in [0.3, 0.4) is 0 Å². The summed E-state index contributed by atoms with van der Waals surface area (Å²) in [6.45, 7) is 2.75. The zero-order valence-corrected chi connectivity index (χ0v) is 18.7. The largest absolute Gasteiger partial charge is 0.483 e. The molecule has 1 spiro atoms. The van der Waals surface area contributed by atoms with E-state index in [1.165, 1.54) is 18.5 Å². The predicted molar refractivity (Wildman–Crippen MR) is 113 cm³/mol. The number of alkyl halides is 3. The number of nitrogens with one attached hydrogen (secondary N) is 2. The molecule has 1 saturated carbocycles. The van der Waals surface area contributed by atoms with Gasteiger partial charge in [-0.1, -0.05) is 12.1 Å². The van der Waals surface area contributed by atoms with Crippen molar-refractivity contribution in [3.05, 3.63) is 42.0 Å². The third-order valence-corrected chi connectivity index (χ3v) is 8.70. The van der Waals surface area contributed by atoms with Crippen LogP contribution in [0.15, 0.2) is 35.5 Å². The number of urea groups is 1. The Morgan fingerprint density at radius 1 is 1.27 bits per heavy atom. The van der Waals surface area contributed by atoms with E-state index in [0.717, 1.165) is 31.2 Å². The van der Waals surface area contributed by atoms with E-state index in [1.54, 1.807) is 6.07 Å². The molecule has 5 rings (SSSR count). The van der Waals surface area contributed by atoms with Crippen molar-refractivity contribution in [3.8, 4) is 0 Å². The summed E-state index contributed by atoms with van der Waals surface area (Å²) in [6.07, 6.45) is 4.75. The van der Waals surface area contributed by atoms with Crippen LogP contribution in [0.2, 0.25) is 0 Å². The highest BCUT2D eigenvalue weighted by atomic mass is 32.2. The fourth-order valence-electron chi connectivity index (χ4n) is 5.55. The van der Waals surface area contributed by atoms with Crippen LogP contribution in [-0.2, 0) is 16.1 Å². The van der Waals surface area contributed by atoms with Crippen LogP contribution in [-0.4, -0.2) is 66.9 Å². The van der Waals surface area contributed by atoms with Crippen LogP contribution in [0.25, 0.3) is 0 Å². The third-order valence-electron chi connectivity index (χ3n) is 7.13. The molecule has 2 aliphatic heterocycles. The number of halogens is 3. The van der Waals surface area contributed by atoms with Gasteiger partial charge in [0.1, 0.15) is 12.2 Å². The predicted octanol–water partition coefficient (Wildman–Crippen LogP) is 3.59. The maximum Gasteiger partial charge on any atom is 0.483 e. The number of benzene rings is 1. The van der Waals surface area contributed by atoms with E-state index in [9.17, 15) is 22.2 Å². The van der Waals surface area contributed by atoms with E-state index in [-0.39, 0.29) is 17.4 Å². The van der Waals surface area contributed by atoms with Crippen LogP contribution in [0.1, 0.15) is 36.6 Å². The van der Waals surface area contributed by atoms with Crippen molar-refractivity contribution in [2.75, 3.05) is 26.2 Å². The number of rotatable bonds is 4. The summed E-state index contributed by atoms with van der Waals surface area (Å²) in [5, 5.41) is 6.75. The summed E-state index contributed by atoms with van der Waals surface area (Å²) in [5.74, 6) is 1.31. The average molecular weight is 483 g/mol. The first kappa shape index (κ1) is 22.2.